The Labute approximate surface area is 134 Å². The van der Waals surface area contributed by atoms with Crippen molar-refractivity contribution in [2.45, 2.75) is 11.8 Å². The third-order valence-electron chi connectivity index (χ3n) is 3.66. The van der Waals surface area contributed by atoms with E-state index in [9.17, 15) is 8.42 Å². The summed E-state index contributed by atoms with van der Waals surface area (Å²) in [5.41, 5.74) is 1.37. The van der Waals surface area contributed by atoms with E-state index in [-0.39, 0.29) is 4.90 Å². The summed E-state index contributed by atoms with van der Waals surface area (Å²) in [6, 6.07) is 6.69. The minimum absolute atomic E-state index is 0.119. The Bertz CT molecular complexity index is 794. The molecule has 0 amide bonds. The van der Waals surface area contributed by atoms with Gasteiger partial charge in [-0.05, 0) is 25.1 Å². The zero-order valence-electron chi connectivity index (χ0n) is 13.0. The minimum Gasteiger partial charge on any atom is -0.495 e. The molecule has 1 aromatic heterocycles. The molecule has 0 unspecified atom stereocenters. The molecule has 2 heterocycles. The molecule has 0 atom stereocenters. The molecule has 124 valence electrons. The number of aryl methyl sites for hydroxylation is 1. The Morgan fingerprint density at radius 3 is 2.57 bits per heavy atom. The van der Waals surface area contributed by atoms with Crippen LogP contribution in [0, 0.1) is 6.92 Å². The monoisotopic (exact) mass is 338 g/mol. The number of ether oxygens (including phenoxy) is 2. The molecule has 0 spiro atoms. The van der Waals surface area contributed by atoms with Crippen molar-refractivity contribution in [3.63, 3.8) is 0 Å². The smallest absolute Gasteiger partial charge is 0.246 e. The number of sulfonamides is 1. The molecule has 0 saturated carbocycles. The van der Waals surface area contributed by atoms with Crippen molar-refractivity contribution in [2.24, 2.45) is 0 Å². The highest BCUT2D eigenvalue weighted by molar-refractivity contribution is 7.89. The molecule has 3 rings (SSSR count). The lowest BCUT2D eigenvalue weighted by atomic mass is 10.1. The van der Waals surface area contributed by atoms with Crippen LogP contribution < -0.4 is 4.74 Å². The largest absolute Gasteiger partial charge is 0.495 e. The second kappa shape index (κ2) is 6.31. The molecule has 1 saturated heterocycles. The van der Waals surface area contributed by atoms with Crippen molar-refractivity contribution >= 4 is 10.0 Å². The van der Waals surface area contributed by atoms with Gasteiger partial charge in [0.1, 0.15) is 10.6 Å². The van der Waals surface area contributed by atoms with Gasteiger partial charge in [-0.15, -0.1) is 0 Å². The summed E-state index contributed by atoms with van der Waals surface area (Å²) < 4.78 is 42.9. The van der Waals surface area contributed by atoms with Gasteiger partial charge in [0.15, 0.2) is 5.76 Å². The van der Waals surface area contributed by atoms with Crippen molar-refractivity contribution in [1.29, 1.82) is 0 Å². The Morgan fingerprint density at radius 1 is 1.22 bits per heavy atom. The third kappa shape index (κ3) is 3.10. The number of methoxy groups -OCH3 is 1. The van der Waals surface area contributed by atoms with Crippen LogP contribution in [-0.2, 0) is 14.8 Å². The second-order valence-electron chi connectivity index (χ2n) is 5.21. The third-order valence-corrected chi connectivity index (χ3v) is 5.58. The van der Waals surface area contributed by atoms with Crippen LogP contribution in [0.2, 0.25) is 0 Å². The predicted molar refractivity (Wildman–Crippen MR) is 82.8 cm³/mol. The lowest BCUT2D eigenvalue weighted by Gasteiger charge is -2.26. The van der Waals surface area contributed by atoms with Gasteiger partial charge in [0.05, 0.1) is 26.0 Å². The summed E-state index contributed by atoms with van der Waals surface area (Å²) in [6.45, 7) is 3.25. The molecule has 1 aliphatic rings. The first kappa shape index (κ1) is 16.0. The molecule has 0 radical (unpaired) electrons. The lowest BCUT2D eigenvalue weighted by molar-refractivity contribution is 0.0729. The Balaban J connectivity index is 2.05. The molecular weight excluding hydrogens is 320 g/mol. The molecule has 8 heteroatoms. The van der Waals surface area contributed by atoms with Gasteiger partial charge < -0.3 is 14.0 Å². The molecular formula is C15H18N2O5S. The maximum Gasteiger partial charge on any atom is 0.246 e. The van der Waals surface area contributed by atoms with Gasteiger partial charge in [0.25, 0.3) is 0 Å². The number of rotatable bonds is 4. The molecule has 1 aromatic carbocycles. The molecule has 1 fully saturated rings. The lowest BCUT2D eigenvalue weighted by Crippen LogP contribution is -2.40. The summed E-state index contributed by atoms with van der Waals surface area (Å²) in [4.78, 5) is 0.119. The maximum absolute atomic E-state index is 12.9. The number of benzene rings is 1. The van der Waals surface area contributed by atoms with E-state index in [0.29, 0.717) is 43.4 Å². The number of hydrogen-bond donors (Lipinski definition) is 0. The standard InChI is InChI=1S/C15H18N2O5S/c1-11-9-14(22-16-11)12-3-4-13(20-2)15(10-12)23(18,19)17-5-7-21-8-6-17/h3-4,9-10H,5-8H2,1-2H3. The first-order valence-corrected chi connectivity index (χ1v) is 8.66. The van der Waals surface area contributed by atoms with E-state index in [4.69, 9.17) is 14.0 Å². The SMILES string of the molecule is COc1ccc(-c2cc(C)no2)cc1S(=O)(=O)N1CCOCC1. The molecule has 0 N–H and O–H groups in total. The zero-order chi connectivity index (χ0) is 16.4. The highest BCUT2D eigenvalue weighted by Gasteiger charge is 2.29. The van der Waals surface area contributed by atoms with E-state index >= 15 is 0 Å². The molecule has 0 aliphatic carbocycles. The van der Waals surface area contributed by atoms with Crippen LogP contribution in [-0.4, -0.2) is 51.3 Å². The summed E-state index contributed by atoms with van der Waals surface area (Å²) in [6.07, 6.45) is 0. The molecule has 2 aromatic rings. The highest BCUT2D eigenvalue weighted by atomic mass is 32.2. The van der Waals surface area contributed by atoms with E-state index < -0.39 is 10.0 Å². The Morgan fingerprint density at radius 2 is 1.96 bits per heavy atom. The predicted octanol–water partition coefficient (Wildman–Crippen LogP) is 1.68. The van der Waals surface area contributed by atoms with Crippen LogP contribution >= 0.6 is 0 Å². The van der Waals surface area contributed by atoms with E-state index in [1.165, 1.54) is 11.4 Å². The van der Waals surface area contributed by atoms with Crippen molar-refractivity contribution in [1.82, 2.24) is 9.46 Å². The minimum atomic E-state index is -3.66. The van der Waals surface area contributed by atoms with Gasteiger partial charge in [0.2, 0.25) is 10.0 Å². The summed E-state index contributed by atoms with van der Waals surface area (Å²) >= 11 is 0. The Kier molecular flexibility index (Phi) is 4.38. The van der Waals surface area contributed by atoms with E-state index in [1.54, 1.807) is 24.3 Å². The van der Waals surface area contributed by atoms with Crippen LogP contribution in [0.3, 0.4) is 0 Å². The average molecular weight is 338 g/mol. The fraction of sp³-hybridized carbons (Fsp3) is 0.400. The molecule has 7 nitrogen and oxygen atoms in total. The van der Waals surface area contributed by atoms with Crippen LogP contribution in [0.15, 0.2) is 33.7 Å². The fourth-order valence-corrected chi connectivity index (χ4v) is 4.05. The molecule has 1 aliphatic heterocycles. The number of hydrogen-bond acceptors (Lipinski definition) is 6. The number of nitrogens with zero attached hydrogens (tertiary/aromatic N) is 2. The quantitative estimate of drug-likeness (QED) is 0.843. The van der Waals surface area contributed by atoms with Gasteiger partial charge in [0, 0.05) is 24.7 Å². The Hall–Kier alpha value is -1.90. The van der Waals surface area contributed by atoms with Crippen molar-refractivity contribution in [2.75, 3.05) is 33.4 Å². The van der Waals surface area contributed by atoms with Gasteiger partial charge in [-0.1, -0.05) is 5.16 Å². The van der Waals surface area contributed by atoms with E-state index in [0.717, 1.165) is 5.69 Å². The van der Waals surface area contributed by atoms with Crippen molar-refractivity contribution in [3.05, 3.63) is 30.0 Å². The average Bonchev–Trinajstić information content (AvgIpc) is 3.01. The fourth-order valence-electron chi connectivity index (χ4n) is 2.46. The summed E-state index contributed by atoms with van der Waals surface area (Å²) in [5.74, 6) is 0.819. The van der Waals surface area contributed by atoms with E-state index in [2.05, 4.69) is 5.16 Å². The molecule has 23 heavy (non-hydrogen) atoms. The normalized spacial score (nSPS) is 16.4. The first-order valence-electron chi connectivity index (χ1n) is 7.22. The van der Waals surface area contributed by atoms with Crippen molar-refractivity contribution in [3.8, 4) is 17.1 Å². The van der Waals surface area contributed by atoms with Gasteiger partial charge in [-0.25, -0.2) is 8.42 Å². The summed E-state index contributed by atoms with van der Waals surface area (Å²) in [5, 5.41) is 3.83. The van der Waals surface area contributed by atoms with E-state index in [1.807, 2.05) is 6.92 Å². The van der Waals surface area contributed by atoms with Crippen molar-refractivity contribution < 1.29 is 22.4 Å². The van der Waals surface area contributed by atoms with Crippen LogP contribution in [0.5, 0.6) is 5.75 Å². The first-order chi connectivity index (χ1) is 11.0. The maximum atomic E-state index is 12.9. The zero-order valence-corrected chi connectivity index (χ0v) is 13.8. The van der Waals surface area contributed by atoms with Crippen LogP contribution in [0.4, 0.5) is 0 Å². The highest BCUT2D eigenvalue weighted by Crippen LogP contribution is 2.32. The van der Waals surface area contributed by atoms with Gasteiger partial charge in [-0.3, -0.25) is 0 Å². The summed E-state index contributed by atoms with van der Waals surface area (Å²) in [7, 11) is -2.21. The van der Waals surface area contributed by atoms with Gasteiger partial charge in [-0.2, -0.15) is 4.31 Å². The van der Waals surface area contributed by atoms with Crippen LogP contribution in [0.1, 0.15) is 5.69 Å². The van der Waals surface area contributed by atoms with Gasteiger partial charge >= 0.3 is 0 Å². The topological polar surface area (TPSA) is 81.9 Å². The number of aromatic nitrogens is 1. The second-order valence-corrected chi connectivity index (χ2v) is 7.12. The molecule has 0 bridgehead atoms. The number of morpholine rings is 1. The van der Waals surface area contributed by atoms with Crippen LogP contribution in [0.25, 0.3) is 11.3 Å².